The first-order chi connectivity index (χ1) is 25.0. The quantitative estimate of drug-likeness (QED) is 0.0441. The van der Waals surface area contributed by atoms with Gasteiger partial charge in [-0.1, -0.05) is 5.21 Å². The van der Waals surface area contributed by atoms with E-state index in [1.54, 1.807) is 6.20 Å². The summed E-state index contributed by atoms with van der Waals surface area (Å²) in [4.78, 5) is 13.4. The Morgan fingerprint density at radius 3 is 2.23 bits per heavy atom. The van der Waals surface area contributed by atoms with E-state index < -0.39 is 58.8 Å². The summed E-state index contributed by atoms with van der Waals surface area (Å²) in [7, 11) is 0. The summed E-state index contributed by atoms with van der Waals surface area (Å²) < 4.78 is 50.0. The largest absolute Gasteiger partial charge is 0.508 e. The van der Waals surface area contributed by atoms with Crippen molar-refractivity contribution in [1.82, 2.24) is 15.0 Å². The summed E-state index contributed by atoms with van der Waals surface area (Å²) in [6.45, 7) is 3.01. The molecule has 2 heterocycles. The van der Waals surface area contributed by atoms with Gasteiger partial charge < -0.3 is 64.8 Å². The van der Waals surface area contributed by atoms with Crippen molar-refractivity contribution in [3.63, 3.8) is 0 Å². The Morgan fingerprint density at radius 1 is 0.846 bits per heavy atom. The summed E-state index contributed by atoms with van der Waals surface area (Å²) >= 11 is 0. The lowest BCUT2D eigenvalue weighted by Gasteiger charge is -2.39. The number of aromatic nitrogens is 3. The van der Waals surface area contributed by atoms with E-state index in [9.17, 15) is 39.8 Å². The second kappa shape index (κ2) is 17.7. The standard InChI is InChI=1S/C34H39FN4O13/c35-23-13-19(1-2-24(23)41)34(46)52-33-31(20-14-26(43)30(45)27(44)15-20)51-28-17-22(40)16-25(42)29(28)32(33)50-8-5-39-18-21(37-38-39)3-6-47-9-11-49-12-10-48-7-4-36/h1-2,13-18,31-33,40-45H,3-12,36H2. The van der Waals surface area contributed by atoms with Crippen molar-refractivity contribution in [1.29, 1.82) is 0 Å². The molecule has 1 aliphatic rings. The predicted octanol–water partition coefficient (Wildman–Crippen LogP) is 2.32. The molecule has 0 bridgehead atoms. The van der Waals surface area contributed by atoms with E-state index in [0.717, 1.165) is 36.4 Å². The molecule has 0 saturated heterocycles. The van der Waals surface area contributed by atoms with Gasteiger partial charge in [-0.05, 0) is 30.3 Å². The zero-order valence-corrected chi connectivity index (χ0v) is 27.8. The van der Waals surface area contributed by atoms with E-state index in [1.165, 1.54) is 10.7 Å². The molecule has 280 valence electrons. The Kier molecular flexibility index (Phi) is 12.9. The van der Waals surface area contributed by atoms with Crippen LogP contribution in [-0.2, 0) is 36.6 Å². The van der Waals surface area contributed by atoms with Crippen LogP contribution in [0.25, 0.3) is 0 Å². The Morgan fingerprint density at radius 2 is 1.54 bits per heavy atom. The monoisotopic (exact) mass is 730 g/mol. The van der Waals surface area contributed by atoms with Gasteiger partial charge in [0.1, 0.15) is 23.4 Å². The molecule has 1 aliphatic heterocycles. The van der Waals surface area contributed by atoms with Gasteiger partial charge in [0.05, 0.1) is 69.6 Å². The summed E-state index contributed by atoms with van der Waals surface area (Å²) in [5.74, 6) is -6.06. The van der Waals surface area contributed by atoms with Gasteiger partial charge in [0, 0.05) is 36.9 Å². The van der Waals surface area contributed by atoms with Crippen molar-refractivity contribution in [2.45, 2.75) is 31.3 Å². The smallest absolute Gasteiger partial charge is 0.338 e. The minimum atomic E-state index is -1.50. The Hall–Kier alpha value is -5.40. The number of carbonyl (C=O) groups is 1. The predicted molar refractivity (Wildman–Crippen MR) is 176 cm³/mol. The lowest BCUT2D eigenvalue weighted by molar-refractivity contribution is -0.112. The molecule has 0 radical (unpaired) electrons. The average molecular weight is 731 g/mol. The fourth-order valence-electron chi connectivity index (χ4n) is 5.32. The Bertz CT molecular complexity index is 1800. The van der Waals surface area contributed by atoms with Gasteiger partial charge in [0.25, 0.3) is 0 Å². The highest BCUT2D eigenvalue weighted by Gasteiger charge is 2.45. The molecule has 8 N–H and O–H groups in total. The number of hydrogen-bond acceptors (Lipinski definition) is 16. The SMILES string of the molecule is NCCOCCOCCOCCc1cn(CCOC2c3c(O)cc(O)cc3OC(c3cc(O)c(O)c(O)c3)C2OC(=O)c2ccc(O)c(F)c2)nn1. The molecule has 18 heteroatoms. The van der Waals surface area contributed by atoms with Crippen molar-refractivity contribution < 1.29 is 68.2 Å². The number of nitrogens with two attached hydrogens (primary N) is 1. The van der Waals surface area contributed by atoms with Crippen LogP contribution in [-0.4, -0.2) is 110 Å². The molecule has 3 atom stereocenters. The van der Waals surface area contributed by atoms with Crippen molar-refractivity contribution in [3.8, 4) is 40.2 Å². The molecule has 4 aromatic rings. The van der Waals surface area contributed by atoms with Gasteiger partial charge in [-0.3, -0.25) is 0 Å². The van der Waals surface area contributed by atoms with Crippen LogP contribution in [0.3, 0.4) is 0 Å². The van der Waals surface area contributed by atoms with Gasteiger partial charge in [-0.2, -0.15) is 0 Å². The maximum Gasteiger partial charge on any atom is 0.338 e. The van der Waals surface area contributed by atoms with Crippen molar-refractivity contribution in [3.05, 3.63) is 76.9 Å². The fourth-order valence-corrected chi connectivity index (χ4v) is 5.32. The fraction of sp³-hybridized carbons (Fsp3) is 0.382. The number of halogens is 1. The number of nitrogens with zero attached hydrogens (tertiary/aromatic N) is 3. The Balaban J connectivity index is 1.31. The molecule has 0 saturated carbocycles. The number of hydrogen-bond donors (Lipinski definition) is 7. The molecule has 0 fully saturated rings. The van der Waals surface area contributed by atoms with E-state index in [1.807, 2.05) is 0 Å². The van der Waals surface area contributed by atoms with Crippen LogP contribution in [0.4, 0.5) is 4.39 Å². The molecular weight excluding hydrogens is 691 g/mol. The number of esters is 1. The summed E-state index contributed by atoms with van der Waals surface area (Å²) in [5, 5.41) is 69.6. The number of rotatable bonds is 18. The minimum Gasteiger partial charge on any atom is -0.508 e. The maximum atomic E-state index is 14.2. The second-order valence-corrected chi connectivity index (χ2v) is 11.5. The van der Waals surface area contributed by atoms with E-state index >= 15 is 0 Å². The molecule has 1 aromatic heterocycles. The molecule has 0 amide bonds. The van der Waals surface area contributed by atoms with Gasteiger partial charge in [-0.15, -0.1) is 5.10 Å². The normalized spacial score (nSPS) is 16.7. The first-order valence-corrected chi connectivity index (χ1v) is 16.2. The number of ether oxygens (including phenoxy) is 6. The molecule has 0 spiro atoms. The first-order valence-electron chi connectivity index (χ1n) is 16.2. The molecule has 5 rings (SSSR count). The highest BCUT2D eigenvalue weighted by Crippen LogP contribution is 2.51. The maximum absolute atomic E-state index is 14.2. The van der Waals surface area contributed by atoms with Gasteiger partial charge in [-0.25, -0.2) is 13.9 Å². The van der Waals surface area contributed by atoms with Gasteiger partial charge in [0.15, 0.2) is 41.0 Å². The zero-order chi connectivity index (χ0) is 37.2. The number of fused-ring (bicyclic) bond motifs is 1. The zero-order valence-electron chi connectivity index (χ0n) is 27.8. The molecule has 3 unspecified atom stereocenters. The molecule has 3 aromatic carbocycles. The summed E-state index contributed by atoms with van der Waals surface area (Å²) in [5.41, 5.74) is 5.69. The summed E-state index contributed by atoms with van der Waals surface area (Å²) in [6, 6.07) is 7.17. The second-order valence-electron chi connectivity index (χ2n) is 11.5. The average Bonchev–Trinajstić information content (AvgIpc) is 3.56. The van der Waals surface area contributed by atoms with Crippen LogP contribution in [0.2, 0.25) is 0 Å². The molecule has 52 heavy (non-hydrogen) atoms. The molecule has 17 nitrogen and oxygen atoms in total. The lowest BCUT2D eigenvalue weighted by Crippen LogP contribution is -2.40. The number of aromatic hydroxyl groups is 6. The van der Waals surface area contributed by atoms with E-state index in [-0.39, 0.29) is 41.3 Å². The Labute approximate surface area is 296 Å². The van der Waals surface area contributed by atoms with Crippen LogP contribution in [0.1, 0.15) is 39.4 Å². The van der Waals surface area contributed by atoms with Crippen molar-refractivity contribution >= 4 is 5.97 Å². The molecular formula is C34H39FN4O13. The third kappa shape index (κ3) is 9.47. The van der Waals surface area contributed by atoms with Gasteiger partial charge in [0.2, 0.25) is 0 Å². The number of carbonyl (C=O) groups excluding carboxylic acids is 1. The van der Waals surface area contributed by atoms with E-state index in [2.05, 4.69) is 10.3 Å². The third-order valence-corrected chi connectivity index (χ3v) is 7.80. The number of phenolic OH excluding ortho intramolecular Hbond substituents is 6. The van der Waals surface area contributed by atoms with E-state index in [0.29, 0.717) is 58.3 Å². The van der Waals surface area contributed by atoms with Crippen LogP contribution < -0.4 is 10.5 Å². The lowest BCUT2D eigenvalue weighted by atomic mass is 9.90. The molecule has 0 aliphatic carbocycles. The highest BCUT2D eigenvalue weighted by molar-refractivity contribution is 5.89. The van der Waals surface area contributed by atoms with Crippen LogP contribution in [0.15, 0.2) is 48.7 Å². The first kappa shape index (κ1) is 37.8. The summed E-state index contributed by atoms with van der Waals surface area (Å²) in [6.07, 6.45) is -2.07. The highest BCUT2D eigenvalue weighted by atomic mass is 19.1. The van der Waals surface area contributed by atoms with Crippen LogP contribution in [0.5, 0.6) is 40.2 Å². The topological polar surface area (TPSA) is 251 Å². The van der Waals surface area contributed by atoms with Crippen molar-refractivity contribution in [2.75, 3.05) is 52.8 Å². The number of phenols is 6. The van der Waals surface area contributed by atoms with Crippen molar-refractivity contribution in [2.24, 2.45) is 5.73 Å². The van der Waals surface area contributed by atoms with Gasteiger partial charge >= 0.3 is 5.97 Å². The van der Waals surface area contributed by atoms with Crippen LogP contribution >= 0.6 is 0 Å². The minimum absolute atomic E-state index is 0.00389. The van der Waals surface area contributed by atoms with Crippen LogP contribution in [0, 0.1) is 5.82 Å². The van der Waals surface area contributed by atoms with E-state index in [4.69, 9.17) is 34.2 Å². The number of benzene rings is 3. The third-order valence-electron chi connectivity index (χ3n) is 7.80.